The molecule has 1 aromatic carbocycles. The maximum Gasteiger partial charge on any atom is 0.165 e. The number of halogens is 2. The van der Waals surface area contributed by atoms with Gasteiger partial charge >= 0.3 is 0 Å². The van der Waals surface area contributed by atoms with Crippen LogP contribution in [0.25, 0.3) is 11.4 Å². The smallest absolute Gasteiger partial charge is 0.165 e. The molecule has 0 N–H and O–H groups in total. The fraction of sp³-hybridized carbons (Fsp3) is 0.385. The molecule has 2 rings (SSSR count). The minimum atomic E-state index is 0.329. The zero-order valence-corrected chi connectivity index (χ0v) is 13.8. The fourth-order valence-electron chi connectivity index (χ4n) is 1.94. The lowest BCUT2D eigenvalue weighted by atomic mass is 10.1. The maximum absolute atomic E-state index is 4.32. The van der Waals surface area contributed by atoms with Crippen molar-refractivity contribution in [2.45, 2.75) is 32.1 Å². The van der Waals surface area contributed by atoms with E-state index >= 15 is 0 Å². The van der Waals surface area contributed by atoms with Crippen LogP contribution in [0.15, 0.2) is 22.7 Å². The summed E-state index contributed by atoms with van der Waals surface area (Å²) in [6.45, 7) is 6.36. The maximum atomic E-state index is 4.32. The number of aromatic nitrogens is 3. The van der Waals surface area contributed by atoms with Crippen LogP contribution in [0.3, 0.4) is 0 Å². The molecule has 0 aliphatic carbocycles. The Morgan fingerprint density at radius 2 is 2.00 bits per heavy atom. The SMILES string of the molecule is Cc1ccc(-c2nnc(CBr)n2C(C)C)c(Br)c1. The van der Waals surface area contributed by atoms with Crippen LogP contribution in [-0.4, -0.2) is 14.8 Å². The Morgan fingerprint density at radius 3 is 2.56 bits per heavy atom. The summed E-state index contributed by atoms with van der Waals surface area (Å²) >= 11 is 7.06. The molecule has 2 aromatic rings. The highest BCUT2D eigenvalue weighted by molar-refractivity contribution is 9.10. The molecule has 0 fully saturated rings. The molecule has 0 spiro atoms. The quantitative estimate of drug-likeness (QED) is 0.743. The van der Waals surface area contributed by atoms with Gasteiger partial charge in [-0.2, -0.15) is 0 Å². The Labute approximate surface area is 124 Å². The van der Waals surface area contributed by atoms with Crippen molar-refractivity contribution in [3.63, 3.8) is 0 Å². The van der Waals surface area contributed by atoms with Crippen LogP contribution in [0.1, 0.15) is 31.3 Å². The average Bonchev–Trinajstić information content (AvgIpc) is 2.72. The van der Waals surface area contributed by atoms with E-state index in [9.17, 15) is 0 Å². The minimum Gasteiger partial charge on any atom is -0.308 e. The van der Waals surface area contributed by atoms with Gasteiger partial charge in [0.2, 0.25) is 0 Å². The van der Waals surface area contributed by atoms with Crippen LogP contribution in [-0.2, 0) is 5.33 Å². The van der Waals surface area contributed by atoms with Crippen molar-refractivity contribution in [1.82, 2.24) is 14.8 Å². The largest absolute Gasteiger partial charge is 0.308 e. The minimum absolute atomic E-state index is 0.329. The lowest BCUT2D eigenvalue weighted by Gasteiger charge is -2.14. The fourth-order valence-corrected chi connectivity index (χ4v) is 3.00. The van der Waals surface area contributed by atoms with Gasteiger partial charge < -0.3 is 4.57 Å². The van der Waals surface area contributed by atoms with Crippen LogP contribution in [0.2, 0.25) is 0 Å². The monoisotopic (exact) mass is 371 g/mol. The van der Waals surface area contributed by atoms with Gasteiger partial charge in [0.15, 0.2) is 5.82 Å². The van der Waals surface area contributed by atoms with E-state index in [0.29, 0.717) is 11.4 Å². The molecule has 0 saturated carbocycles. The Morgan fingerprint density at radius 1 is 1.28 bits per heavy atom. The van der Waals surface area contributed by atoms with Gasteiger partial charge in [-0.3, -0.25) is 0 Å². The first kappa shape index (κ1) is 13.7. The summed E-state index contributed by atoms with van der Waals surface area (Å²) in [6, 6.07) is 6.60. The summed E-state index contributed by atoms with van der Waals surface area (Å²) in [5.74, 6) is 1.86. The van der Waals surface area contributed by atoms with Gasteiger partial charge in [-0.15, -0.1) is 10.2 Å². The van der Waals surface area contributed by atoms with E-state index in [1.165, 1.54) is 5.56 Å². The Bertz CT molecular complexity index is 561. The summed E-state index contributed by atoms with van der Waals surface area (Å²) in [6.07, 6.45) is 0. The molecule has 0 atom stereocenters. The standard InChI is InChI=1S/C13H15Br2N3/c1-8(2)18-12(7-14)16-17-13(18)10-5-4-9(3)6-11(10)15/h4-6,8H,7H2,1-3H3. The summed E-state index contributed by atoms with van der Waals surface area (Å²) in [5, 5.41) is 9.27. The molecule has 1 heterocycles. The van der Waals surface area contributed by atoms with Crippen LogP contribution < -0.4 is 0 Å². The molecule has 0 unspecified atom stereocenters. The van der Waals surface area contributed by atoms with Crippen molar-refractivity contribution in [2.75, 3.05) is 0 Å². The normalized spacial score (nSPS) is 11.2. The molecule has 18 heavy (non-hydrogen) atoms. The lowest BCUT2D eigenvalue weighted by molar-refractivity contribution is 0.586. The van der Waals surface area contributed by atoms with Gasteiger partial charge in [-0.05, 0) is 38.5 Å². The molecule has 0 aliphatic heterocycles. The summed E-state index contributed by atoms with van der Waals surface area (Å²) in [7, 11) is 0. The molecule has 0 amide bonds. The van der Waals surface area contributed by atoms with Crippen LogP contribution in [0.4, 0.5) is 0 Å². The molecule has 0 radical (unpaired) electrons. The molecule has 1 aromatic heterocycles. The predicted molar refractivity (Wildman–Crippen MR) is 80.9 cm³/mol. The number of aryl methyl sites for hydroxylation is 1. The van der Waals surface area contributed by atoms with Gasteiger partial charge in [-0.1, -0.05) is 37.9 Å². The average molecular weight is 373 g/mol. The highest BCUT2D eigenvalue weighted by Crippen LogP contribution is 2.30. The van der Waals surface area contributed by atoms with Crippen molar-refractivity contribution in [3.05, 3.63) is 34.1 Å². The topological polar surface area (TPSA) is 30.7 Å². The molecule has 0 aliphatic rings. The van der Waals surface area contributed by atoms with Crippen molar-refractivity contribution >= 4 is 31.9 Å². The number of hydrogen-bond donors (Lipinski definition) is 0. The zero-order chi connectivity index (χ0) is 13.3. The van der Waals surface area contributed by atoms with E-state index in [1.54, 1.807) is 0 Å². The van der Waals surface area contributed by atoms with E-state index in [4.69, 9.17) is 0 Å². The van der Waals surface area contributed by atoms with Crippen molar-refractivity contribution in [3.8, 4) is 11.4 Å². The highest BCUT2D eigenvalue weighted by atomic mass is 79.9. The van der Waals surface area contributed by atoms with Crippen LogP contribution >= 0.6 is 31.9 Å². The molecule has 0 bridgehead atoms. The first-order valence-corrected chi connectivity index (χ1v) is 7.72. The highest BCUT2D eigenvalue weighted by Gasteiger charge is 2.17. The first-order valence-electron chi connectivity index (χ1n) is 5.81. The van der Waals surface area contributed by atoms with E-state index in [2.05, 4.69) is 85.6 Å². The molecule has 0 saturated heterocycles. The van der Waals surface area contributed by atoms with E-state index in [-0.39, 0.29) is 0 Å². The van der Waals surface area contributed by atoms with Crippen molar-refractivity contribution < 1.29 is 0 Å². The first-order chi connectivity index (χ1) is 8.54. The van der Waals surface area contributed by atoms with Crippen LogP contribution in [0.5, 0.6) is 0 Å². The molecular formula is C13H15Br2N3. The van der Waals surface area contributed by atoms with Gasteiger partial charge in [0.05, 0.1) is 5.33 Å². The third-order valence-corrected chi connectivity index (χ3v) is 3.93. The van der Waals surface area contributed by atoms with Gasteiger partial charge in [0.25, 0.3) is 0 Å². The second kappa shape index (κ2) is 5.53. The molecule has 96 valence electrons. The van der Waals surface area contributed by atoms with Crippen LogP contribution in [0, 0.1) is 6.92 Å². The zero-order valence-electron chi connectivity index (χ0n) is 10.6. The predicted octanol–water partition coefficient (Wildman–Crippen LogP) is 4.49. The van der Waals surface area contributed by atoms with E-state index in [0.717, 1.165) is 21.7 Å². The Kier molecular flexibility index (Phi) is 4.22. The summed E-state index contributed by atoms with van der Waals surface area (Å²) in [4.78, 5) is 0. The molecule has 5 heteroatoms. The third kappa shape index (κ3) is 2.52. The molecular weight excluding hydrogens is 358 g/mol. The Balaban J connectivity index is 2.60. The third-order valence-electron chi connectivity index (χ3n) is 2.77. The lowest BCUT2D eigenvalue weighted by Crippen LogP contribution is -2.07. The second-order valence-corrected chi connectivity index (χ2v) is 5.94. The van der Waals surface area contributed by atoms with Gasteiger partial charge in [-0.25, -0.2) is 0 Å². The van der Waals surface area contributed by atoms with Crippen molar-refractivity contribution in [2.24, 2.45) is 0 Å². The van der Waals surface area contributed by atoms with Crippen molar-refractivity contribution in [1.29, 1.82) is 0 Å². The summed E-state index contributed by atoms with van der Waals surface area (Å²) < 4.78 is 3.21. The number of benzene rings is 1. The van der Waals surface area contributed by atoms with E-state index < -0.39 is 0 Å². The number of nitrogens with zero attached hydrogens (tertiary/aromatic N) is 3. The number of hydrogen-bond acceptors (Lipinski definition) is 2. The Hall–Kier alpha value is -0.680. The second-order valence-electron chi connectivity index (χ2n) is 4.52. The number of alkyl halides is 1. The van der Waals surface area contributed by atoms with Gasteiger partial charge in [0, 0.05) is 16.1 Å². The summed E-state index contributed by atoms with van der Waals surface area (Å²) in [5.41, 5.74) is 2.30. The van der Waals surface area contributed by atoms with E-state index in [1.807, 2.05) is 0 Å². The van der Waals surface area contributed by atoms with Gasteiger partial charge in [0.1, 0.15) is 5.82 Å². The molecule has 3 nitrogen and oxygen atoms in total. The number of rotatable bonds is 3.